The minimum absolute atomic E-state index is 0.181. The number of benzene rings is 2. The highest BCUT2D eigenvalue weighted by molar-refractivity contribution is 7.89. The number of sulfonamides is 1. The summed E-state index contributed by atoms with van der Waals surface area (Å²) in [6.07, 6.45) is 0.973. The molecule has 0 aromatic heterocycles. The van der Waals surface area contributed by atoms with Gasteiger partial charge in [-0.2, -0.15) is 0 Å². The molecule has 1 aliphatic heterocycles. The molecule has 3 rings (SSSR count). The molecular weight excluding hydrogens is 380 g/mol. The molecule has 1 aliphatic rings. The molecule has 1 fully saturated rings. The lowest BCUT2D eigenvalue weighted by Crippen LogP contribution is -2.46. The summed E-state index contributed by atoms with van der Waals surface area (Å²) in [6.45, 7) is 4.57. The van der Waals surface area contributed by atoms with Crippen LogP contribution in [-0.2, 0) is 10.0 Å². The number of carbonyl (C=O) groups is 1. The molecule has 28 heavy (non-hydrogen) atoms. The molecule has 7 nitrogen and oxygen atoms in total. The van der Waals surface area contributed by atoms with Crippen LogP contribution in [0.15, 0.2) is 41.3 Å². The summed E-state index contributed by atoms with van der Waals surface area (Å²) >= 11 is 0. The van der Waals surface area contributed by atoms with E-state index < -0.39 is 10.0 Å². The molecule has 0 atom stereocenters. The molecule has 2 aromatic rings. The molecular formula is C20H24N2O5S. The first-order valence-corrected chi connectivity index (χ1v) is 10.6. The molecule has 3 N–H and O–H groups in total. The standard InChI is InChI=1S/C20H24N2O5S/c1-13-3-4-19(9-14(13)2)28(26,27)21-16-5-7-22(8-6-16)20(25)15-10-17(23)12-18(24)11-15/h3-4,9-12,16,21,23-24H,5-8H2,1-2H3. The van der Waals surface area contributed by atoms with Gasteiger partial charge in [0.2, 0.25) is 10.0 Å². The maximum Gasteiger partial charge on any atom is 0.254 e. The number of aromatic hydroxyl groups is 2. The van der Waals surface area contributed by atoms with E-state index in [0.717, 1.165) is 17.2 Å². The van der Waals surface area contributed by atoms with E-state index in [9.17, 15) is 23.4 Å². The number of likely N-dealkylation sites (tertiary alicyclic amines) is 1. The van der Waals surface area contributed by atoms with Gasteiger partial charge in [0.1, 0.15) is 11.5 Å². The van der Waals surface area contributed by atoms with Crippen molar-refractivity contribution >= 4 is 15.9 Å². The number of piperidine rings is 1. The zero-order valence-electron chi connectivity index (χ0n) is 15.8. The number of aryl methyl sites for hydroxylation is 2. The van der Waals surface area contributed by atoms with E-state index in [0.29, 0.717) is 25.9 Å². The topological polar surface area (TPSA) is 107 Å². The Morgan fingerprint density at radius 2 is 1.61 bits per heavy atom. The number of nitrogens with zero attached hydrogens (tertiary/aromatic N) is 1. The fourth-order valence-electron chi connectivity index (χ4n) is 3.27. The van der Waals surface area contributed by atoms with Crippen molar-refractivity contribution in [3.8, 4) is 11.5 Å². The van der Waals surface area contributed by atoms with Gasteiger partial charge in [-0.3, -0.25) is 4.79 Å². The number of hydrogen-bond donors (Lipinski definition) is 3. The third kappa shape index (κ3) is 4.45. The van der Waals surface area contributed by atoms with Crippen LogP contribution in [0.25, 0.3) is 0 Å². The predicted octanol–water partition coefficient (Wildman–Crippen LogP) is 2.30. The first kappa shape index (κ1) is 20.2. The number of phenols is 2. The molecule has 1 amide bonds. The van der Waals surface area contributed by atoms with Gasteiger partial charge in [-0.05, 0) is 62.1 Å². The fraction of sp³-hybridized carbons (Fsp3) is 0.350. The van der Waals surface area contributed by atoms with E-state index in [1.807, 2.05) is 13.8 Å². The van der Waals surface area contributed by atoms with Crippen LogP contribution in [-0.4, -0.2) is 48.6 Å². The van der Waals surface area contributed by atoms with Gasteiger partial charge in [-0.25, -0.2) is 13.1 Å². The maximum atomic E-state index is 12.6. The van der Waals surface area contributed by atoms with E-state index in [-0.39, 0.29) is 33.9 Å². The van der Waals surface area contributed by atoms with Crippen LogP contribution in [0.1, 0.15) is 34.3 Å². The van der Waals surface area contributed by atoms with Crippen molar-refractivity contribution < 1.29 is 23.4 Å². The Bertz CT molecular complexity index is 975. The molecule has 0 radical (unpaired) electrons. The van der Waals surface area contributed by atoms with Crippen LogP contribution in [0.3, 0.4) is 0 Å². The normalized spacial score (nSPS) is 15.6. The molecule has 0 aliphatic carbocycles. The van der Waals surface area contributed by atoms with Gasteiger partial charge >= 0.3 is 0 Å². The van der Waals surface area contributed by atoms with E-state index >= 15 is 0 Å². The molecule has 2 aromatic carbocycles. The second-order valence-corrected chi connectivity index (χ2v) is 8.89. The molecule has 1 heterocycles. The first-order chi connectivity index (χ1) is 13.2. The van der Waals surface area contributed by atoms with Crippen molar-refractivity contribution in [2.24, 2.45) is 0 Å². The Morgan fingerprint density at radius 1 is 1.00 bits per heavy atom. The van der Waals surface area contributed by atoms with Crippen LogP contribution in [0.4, 0.5) is 0 Å². The van der Waals surface area contributed by atoms with E-state index in [1.165, 1.54) is 12.1 Å². The highest BCUT2D eigenvalue weighted by Crippen LogP contribution is 2.23. The second kappa shape index (κ2) is 7.81. The number of rotatable bonds is 4. The van der Waals surface area contributed by atoms with Gasteiger partial charge in [-0.15, -0.1) is 0 Å². The van der Waals surface area contributed by atoms with Crippen LogP contribution in [0.5, 0.6) is 11.5 Å². The van der Waals surface area contributed by atoms with Crippen molar-refractivity contribution in [1.82, 2.24) is 9.62 Å². The SMILES string of the molecule is Cc1ccc(S(=O)(=O)NC2CCN(C(=O)c3cc(O)cc(O)c3)CC2)cc1C. The van der Waals surface area contributed by atoms with Crippen LogP contribution < -0.4 is 4.72 Å². The smallest absolute Gasteiger partial charge is 0.254 e. The summed E-state index contributed by atoms with van der Waals surface area (Å²) in [6, 6.07) is 8.55. The molecule has 0 saturated carbocycles. The van der Waals surface area contributed by atoms with Crippen molar-refractivity contribution in [2.75, 3.05) is 13.1 Å². The maximum absolute atomic E-state index is 12.6. The van der Waals surface area contributed by atoms with E-state index in [4.69, 9.17) is 0 Å². The lowest BCUT2D eigenvalue weighted by Gasteiger charge is -2.32. The molecule has 1 saturated heterocycles. The minimum atomic E-state index is -3.62. The summed E-state index contributed by atoms with van der Waals surface area (Å²) in [5.74, 6) is -0.666. The van der Waals surface area contributed by atoms with Crippen molar-refractivity contribution in [3.63, 3.8) is 0 Å². The summed E-state index contributed by atoms with van der Waals surface area (Å²) in [7, 11) is -3.62. The summed E-state index contributed by atoms with van der Waals surface area (Å²) < 4.78 is 28.0. The number of amides is 1. The zero-order valence-corrected chi connectivity index (χ0v) is 16.7. The average molecular weight is 404 g/mol. The van der Waals surface area contributed by atoms with Crippen molar-refractivity contribution in [2.45, 2.75) is 37.6 Å². The van der Waals surface area contributed by atoms with Gasteiger partial charge in [0, 0.05) is 30.8 Å². The van der Waals surface area contributed by atoms with Crippen molar-refractivity contribution in [3.05, 3.63) is 53.1 Å². The Labute approximate surface area is 164 Å². The van der Waals surface area contributed by atoms with Crippen LogP contribution in [0, 0.1) is 13.8 Å². The highest BCUT2D eigenvalue weighted by Gasteiger charge is 2.27. The Kier molecular flexibility index (Phi) is 5.62. The van der Waals surface area contributed by atoms with Crippen molar-refractivity contribution in [1.29, 1.82) is 0 Å². The lowest BCUT2D eigenvalue weighted by molar-refractivity contribution is 0.0710. The van der Waals surface area contributed by atoms with Gasteiger partial charge in [0.25, 0.3) is 5.91 Å². The Morgan fingerprint density at radius 3 is 2.18 bits per heavy atom. The summed E-state index contributed by atoms with van der Waals surface area (Å²) in [4.78, 5) is 14.4. The Balaban J connectivity index is 1.63. The quantitative estimate of drug-likeness (QED) is 0.725. The number of phenolic OH excluding ortho intramolecular Hbond substituents is 2. The third-order valence-electron chi connectivity index (χ3n) is 5.04. The van der Waals surface area contributed by atoms with E-state index in [2.05, 4.69) is 4.72 Å². The zero-order chi connectivity index (χ0) is 20.5. The highest BCUT2D eigenvalue weighted by atomic mass is 32.2. The second-order valence-electron chi connectivity index (χ2n) is 7.17. The summed E-state index contributed by atoms with van der Waals surface area (Å²) in [5.41, 5.74) is 2.15. The predicted molar refractivity (Wildman–Crippen MR) is 105 cm³/mol. The minimum Gasteiger partial charge on any atom is -0.508 e. The van der Waals surface area contributed by atoms with Gasteiger partial charge in [0.15, 0.2) is 0 Å². The lowest BCUT2D eigenvalue weighted by atomic mass is 10.0. The Hall–Kier alpha value is -2.58. The van der Waals surface area contributed by atoms with Crippen LogP contribution >= 0.6 is 0 Å². The van der Waals surface area contributed by atoms with Gasteiger partial charge in [-0.1, -0.05) is 6.07 Å². The molecule has 8 heteroatoms. The third-order valence-corrected chi connectivity index (χ3v) is 6.56. The number of carbonyl (C=O) groups excluding carboxylic acids is 1. The average Bonchev–Trinajstić information content (AvgIpc) is 2.63. The molecule has 0 spiro atoms. The number of hydrogen-bond acceptors (Lipinski definition) is 5. The number of nitrogens with one attached hydrogen (secondary N) is 1. The largest absolute Gasteiger partial charge is 0.508 e. The molecule has 150 valence electrons. The van der Waals surface area contributed by atoms with Crippen LogP contribution in [0.2, 0.25) is 0 Å². The first-order valence-electron chi connectivity index (χ1n) is 9.07. The fourth-order valence-corrected chi connectivity index (χ4v) is 4.66. The molecule has 0 bridgehead atoms. The van der Waals surface area contributed by atoms with E-state index in [1.54, 1.807) is 23.1 Å². The van der Waals surface area contributed by atoms with Gasteiger partial charge in [0.05, 0.1) is 4.90 Å². The summed E-state index contributed by atoms with van der Waals surface area (Å²) in [5, 5.41) is 19.1. The van der Waals surface area contributed by atoms with Gasteiger partial charge < -0.3 is 15.1 Å². The molecule has 0 unspecified atom stereocenters. The monoisotopic (exact) mass is 404 g/mol.